The summed E-state index contributed by atoms with van der Waals surface area (Å²) in [6, 6.07) is 1.58. The summed E-state index contributed by atoms with van der Waals surface area (Å²) in [6.45, 7) is 3.64. The van der Waals surface area contributed by atoms with Crippen molar-refractivity contribution in [3.8, 4) is 0 Å². The van der Waals surface area contributed by atoms with Crippen molar-refractivity contribution in [1.82, 2.24) is 10.3 Å². The normalized spacial score (nSPS) is 12.5. The van der Waals surface area contributed by atoms with Crippen LogP contribution in [0, 0.1) is 5.82 Å². The van der Waals surface area contributed by atoms with Crippen LogP contribution >= 0.6 is 0 Å². The van der Waals surface area contributed by atoms with Gasteiger partial charge in [0.05, 0.1) is 6.20 Å². The molecule has 0 fully saturated rings. The molecule has 3 heteroatoms. The first-order valence-corrected chi connectivity index (χ1v) is 4.16. The summed E-state index contributed by atoms with van der Waals surface area (Å²) >= 11 is 0. The quantitative estimate of drug-likeness (QED) is 0.717. The molecule has 0 radical (unpaired) electrons. The molecule has 1 aromatic rings. The van der Waals surface area contributed by atoms with Gasteiger partial charge in [-0.2, -0.15) is 0 Å². The first-order valence-electron chi connectivity index (χ1n) is 4.16. The molecule has 0 aliphatic heterocycles. The minimum absolute atomic E-state index is 0.0979. The van der Waals surface area contributed by atoms with Crippen molar-refractivity contribution < 1.29 is 4.39 Å². The van der Waals surface area contributed by atoms with Gasteiger partial charge in [0, 0.05) is 12.2 Å². The molecule has 1 unspecified atom stereocenters. The second kappa shape index (κ2) is 4.72. The molecule has 1 rings (SSSR count). The fraction of sp³-hybridized carbons (Fsp3) is 0.300. The molecule has 0 aliphatic rings. The van der Waals surface area contributed by atoms with Crippen molar-refractivity contribution in [2.24, 2.45) is 0 Å². The van der Waals surface area contributed by atoms with Crippen LogP contribution in [0.4, 0.5) is 4.39 Å². The zero-order valence-corrected chi connectivity index (χ0v) is 7.63. The average Bonchev–Trinajstić information content (AvgIpc) is 2.14. The molecular weight excluding hydrogens is 167 g/mol. The molecule has 1 heterocycles. The highest BCUT2D eigenvalue weighted by Gasteiger charge is 2.07. The van der Waals surface area contributed by atoms with Crippen LogP contribution < -0.4 is 5.32 Å². The van der Waals surface area contributed by atoms with E-state index < -0.39 is 0 Å². The molecule has 2 nitrogen and oxygen atoms in total. The molecule has 0 aromatic carbocycles. The Morgan fingerprint density at radius 2 is 2.46 bits per heavy atom. The standard InChI is InChI=1S/C10H13FN2/c1-3-4-10(12-2)8-5-9(11)7-13-6-8/h3,5-7,10,12H,1,4H2,2H3. The summed E-state index contributed by atoms with van der Waals surface area (Å²) in [5, 5.41) is 3.07. The van der Waals surface area contributed by atoms with Gasteiger partial charge in [-0.3, -0.25) is 4.98 Å². The predicted octanol–water partition coefficient (Wildman–Crippen LogP) is 2.06. The first kappa shape index (κ1) is 9.86. The zero-order chi connectivity index (χ0) is 9.68. The maximum atomic E-state index is 12.8. The summed E-state index contributed by atoms with van der Waals surface area (Å²) in [5.74, 6) is -0.304. The van der Waals surface area contributed by atoms with E-state index in [4.69, 9.17) is 0 Å². The van der Waals surface area contributed by atoms with Crippen LogP contribution in [0.3, 0.4) is 0 Å². The zero-order valence-electron chi connectivity index (χ0n) is 7.63. The topological polar surface area (TPSA) is 24.9 Å². The van der Waals surface area contributed by atoms with E-state index in [9.17, 15) is 4.39 Å². The maximum Gasteiger partial charge on any atom is 0.141 e. The van der Waals surface area contributed by atoms with Gasteiger partial charge in [0.15, 0.2) is 0 Å². The van der Waals surface area contributed by atoms with Crippen molar-refractivity contribution in [3.05, 3.63) is 42.5 Å². The lowest BCUT2D eigenvalue weighted by molar-refractivity contribution is 0.579. The molecule has 0 spiro atoms. The summed E-state index contributed by atoms with van der Waals surface area (Å²) in [7, 11) is 1.83. The number of aromatic nitrogens is 1. The van der Waals surface area contributed by atoms with Crippen LogP contribution in [0.15, 0.2) is 31.1 Å². The van der Waals surface area contributed by atoms with Gasteiger partial charge in [0.2, 0.25) is 0 Å². The summed E-state index contributed by atoms with van der Waals surface area (Å²) < 4.78 is 12.8. The number of nitrogens with one attached hydrogen (secondary N) is 1. The minimum atomic E-state index is -0.304. The third-order valence-electron chi connectivity index (χ3n) is 1.88. The summed E-state index contributed by atoms with van der Waals surface area (Å²) in [6.07, 6.45) is 5.42. The fourth-order valence-electron chi connectivity index (χ4n) is 1.21. The Kier molecular flexibility index (Phi) is 3.58. The maximum absolute atomic E-state index is 12.8. The van der Waals surface area contributed by atoms with Gasteiger partial charge < -0.3 is 5.32 Å². The van der Waals surface area contributed by atoms with Crippen LogP contribution in [0.5, 0.6) is 0 Å². The molecule has 0 saturated heterocycles. The van der Waals surface area contributed by atoms with E-state index in [1.165, 1.54) is 12.3 Å². The third-order valence-corrected chi connectivity index (χ3v) is 1.88. The van der Waals surface area contributed by atoms with Crippen molar-refractivity contribution in [1.29, 1.82) is 0 Å². The molecular formula is C10H13FN2. The molecule has 0 aliphatic carbocycles. The van der Waals surface area contributed by atoms with Gasteiger partial charge in [-0.15, -0.1) is 6.58 Å². The van der Waals surface area contributed by atoms with Gasteiger partial charge in [-0.25, -0.2) is 4.39 Å². The van der Waals surface area contributed by atoms with E-state index in [1.54, 1.807) is 12.3 Å². The molecule has 0 bridgehead atoms. The summed E-state index contributed by atoms with van der Waals surface area (Å²) in [4.78, 5) is 3.79. The largest absolute Gasteiger partial charge is 0.313 e. The number of hydrogen-bond acceptors (Lipinski definition) is 2. The van der Waals surface area contributed by atoms with E-state index in [0.29, 0.717) is 0 Å². The van der Waals surface area contributed by atoms with E-state index in [-0.39, 0.29) is 11.9 Å². The molecule has 1 N–H and O–H groups in total. The molecule has 0 amide bonds. The lowest BCUT2D eigenvalue weighted by Gasteiger charge is -2.13. The Bertz CT molecular complexity index is 286. The second-order valence-electron chi connectivity index (χ2n) is 2.80. The first-order chi connectivity index (χ1) is 6.27. The fourth-order valence-corrected chi connectivity index (χ4v) is 1.21. The average molecular weight is 180 g/mol. The SMILES string of the molecule is C=CCC(NC)c1cncc(F)c1. The summed E-state index contributed by atoms with van der Waals surface area (Å²) in [5.41, 5.74) is 0.849. The van der Waals surface area contributed by atoms with Gasteiger partial charge in [0.25, 0.3) is 0 Å². The Labute approximate surface area is 77.5 Å². The van der Waals surface area contributed by atoms with Crippen LogP contribution in [0.25, 0.3) is 0 Å². The third kappa shape index (κ3) is 2.63. The van der Waals surface area contributed by atoms with Crippen molar-refractivity contribution in [2.75, 3.05) is 7.05 Å². The van der Waals surface area contributed by atoms with E-state index in [1.807, 2.05) is 7.05 Å². The van der Waals surface area contributed by atoms with Crippen molar-refractivity contribution in [2.45, 2.75) is 12.5 Å². The van der Waals surface area contributed by atoms with Crippen LogP contribution in [0.1, 0.15) is 18.0 Å². The molecule has 70 valence electrons. The van der Waals surface area contributed by atoms with Gasteiger partial charge in [-0.05, 0) is 25.1 Å². The highest BCUT2D eigenvalue weighted by Crippen LogP contribution is 2.15. The van der Waals surface area contributed by atoms with Gasteiger partial charge in [-0.1, -0.05) is 6.08 Å². The molecule has 0 saturated carbocycles. The van der Waals surface area contributed by atoms with Crippen molar-refractivity contribution in [3.63, 3.8) is 0 Å². The Hall–Kier alpha value is -1.22. The Morgan fingerprint density at radius 1 is 1.69 bits per heavy atom. The smallest absolute Gasteiger partial charge is 0.141 e. The van der Waals surface area contributed by atoms with E-state index in [0.717, 1.165) is 12.0 Å². The van der Waals surface area contributed by atoms with E-state index >= 15 is 0 Å². The highest BCUT2D eigenvalue weighted by molar-refractivity contribution is 5.15. The number of rotatable bonds is 4. The van der Waals surface area contributed by atoms with E-state index in [2.05, 4.69) is 16.9 Å². The number of pyridine rings is 1. The van der Waals surface area contributed by atoms with Crippen LogP contribution in [0.2, 0.25) is 0 Å². The highest BCUT2D eigenvalue weighted by atomic mass is 19.1. The van der Waals surface area contributed by atoms with Crippen LogP contribution in [-0.2, 0) is 0 Å². The minimum Gasteiger partial charge on any atom is -0.313 e. The van der Waals surface area contributed by atoms with Crippen molar-refractivity contribution >= 4 is 0 Å². The lowest BCUT2D eigenvalue weighted by Crippen LogP contribution is -2.15. The molecule has 1 aromatic heterocycles. The molecule has 1 atom stereocenters. The number of hydrogen-bond donors (Lipinski definition) is 1. The van der Waals surface area contributed by atoms with Gasteiger partial charge in [0.1, 0.15) is 5.82 Å². The molecule has 13 heavy (non-hydrogen) atoms. The number of halogens is 1. The van der Waals surface area contributed by atoms with Crippen LogP contribution in [-0.4, -0.2) is 12.0 Å². The van der Waals surface area contributed by atoms with Gasteiger partial charge >= 0.3 is 0 Å². The Morgan fingerprint density at radius 3 is 3.00 bits per heavy atom. The lowest BCUT2D eigenvalue weighted by atomic mass is 10.1. The monoisotopic (exact) mass is 180 g/mol. The predicted molar refractivity (Wildman–Crippen MR) is 50.8 cm³/mol. The second-order valence-corrected chi connectivity index (χ2v) is 2.80. The Balaban J connectivity index is 2.84. The number of nitrogens with zero attached hydrogens (tertiary/aromatic N) is 1.